The van der Waals surface area contributed by atoms with Gasteiger partial charge in [0.1, 0.15) is 28.1 Å². The lowest BCUT2D eigenvalue weighted by Gasteiger charge is -2.44. The Hall–Kier alpha value is -2.72. The highest BCUT2D eigenvalue weighted by Crippen LogP contribution is 2.50. The van der Waals surface area contributed by atoms with Crippen molar-refractivity contribution in [2.75, 3.05) is 19.8 Å². The molecule has 1 aliphatic heterocycles. The molecule has 4 N–H and O–H groups in total. The van der Waals surface area contributed by atoms with Crippen molar-refractivity contribution < 1.29 is 27.4 Å². The molecular formula is C21H22F3N3O3S. The first kappa shape index (κ1) is 23.0. The second-order valence-corrected chi connectivity index (χ2v) is 8.12. The number of fused-ring (bicyclic) bond motifs is 1. The Morgan fingerprint density at radius 1 is 1.29 bits per heavy atom. The maximum absolute atomic E-state index is 14.3. The van der Waals surface area contributed by atoms with E-state index in [1.807, 2.05) is 0 Å². The fourth-order valence-corrected chi connectivity index (χ4v) is 4.82. The zero-order valence-corrected chi connectivity index (χ0v) is 17.5. The van der Waals surface area contributed by atoms with E-state index < -0.39 is 34.3 Å². The highest BCUT2D eigenvalue weighted by Gasteiger charge is 2.49. The van der Waals surface area contributed by atoms with Crippen LogP contribution in [0.1, 0.15) is 24.5 Å². The number of rotatable bonds is 6. The van der Waals surface area contributed by atoms with E-state index in [0.29, 0.717) is 12.2 Å². The molecule has 10 heteroatoms. The van der Waals surface area contributed by atoms with Crippen molar-refractivity contribution in [2.24, 2.45) is 11.7 Å². The Bertz CT molecular complexity index is 992. The van der Waals surface area contributed by atoms with E-state index in [4.69, 9.17) is 20.6 Å². The molecule has 0 fully saturated rings. The number of carbonyl (C=O) groups excluding carboxylic acids is 1. The van der Waals surface area contributed by atoms with Gasteiger partial charge in [-0.2, -0.15) is 0 Å². The minimum Gasteiger partial charge on any atom is -0.493 e. The van der Waals surface area contributed by atoms with Crippen LogP contribution < -0.4 is 15.8 Å². The molecule has 2 atom stereocenters. The van der Waals surface area contributed by atoms with Crippen molar-refractivity contribution in [3.05, 3.63) is 65.0 Å². The van der Waals surface area contributed by atoms with E-state index in [2.05, 4.69) is 5.32 Å². The van der Waals surface area contributed by atoms with Crippen LogP contribution in [0.2, 0.25) is 0 Å². The van der Waals surface area contributed by atoms with Crippen LogP contribution in [0.4, 0.5) is 18.0 Å². The smallest absolute Gasteiger partial charge is 0.408 e. The standard InChI is InChI=1S/C21H22F3N3O3S/c1-2-29-20(28)27-21(31-19(26)15-9-13(22)3-5-17(15)24)12(7-8-25)11-30-18-6-4-14(23)10-16(18)21/h3-6,9-10,12,26H,2,7-8,11,25H2,1H3,(H,27,28). The molecule has 0 spiro atoms. The van der Waals surface area contributed by atoms with E-state index >= 15 is 0 Å². The first-order valence-corrected chi connectivity index (χ1v) is 10.4. The van der Waals surface area contributed by atoms with Gasteiger partial charge >= 0.3 is 6.09 Å². The summed E-state index contributed by atoms with van der Waals surface area (Å²) in [5, 5.41) is 10.9. The van der Waals surface area contributed by atoms with Gasteiger partial charge in [-0.15, -0.1) is 0 Å². The number of hydrogen-bond donors (Lipinski definition) is 3. The summed E-state index contributed by atoms with van der Waals surface area (Å²) in [7, 11) is 0. The quantitative estimate of drug-likeness (QED) is 0.347. The summed E-state index contributed by atoms with van der Waals surface area (Å²) in [5.41, 5.74) is 5.72. The zero-order chi connectivity index (χ0) is 22.6. The number of carbonyl (C=O) groups is 1. The molecule has 0 radical (unpaired) electrons. The summed E-state index contributed by atoms with van der Waals surface area (Å²) >= 11 is 0.760. The van der Waals surface area contributed by atoms with E-state index in [9.17, 15) is 18.0 Å². The summed E-state index contributed by atoms with van der Waals surface area (Å²) in [6.07, 6.45) is -0.462. The van der Waals surface area contributed by atoms with Crippen LogP contribution in [-0.2, 0) is 9.61 Å². The van der Waals surface area contributed by atoms with Crippen molar-refractivity contribution in [1.29, 1.82) is 5.41 Å². The lowest BCUT2D eigenvalue weighted by atomic mass is 9.87. The van der Waals surface area contributed by atoms with Gasteiger partial charge in [0.2, 0.25) is 0 Å². The number of amides is 1. The molecule has 166 valence electrons. The van der Waals surface area contributed by atoms with Crippen LogP contribution >= 0.6 is 11.8 Å². The molecular weight excluding hydrogens is 431 g/mol. The molecule has 0 bridgehead atoms. The largest absolute Gasteiger partial charge is 0.493 e. The molecule has 0 saturated heterocycles. The van der Waals surface area contributed by atoms with Gasteiger partial charge in [-0.05, 0) is 56.3 Å². The Labute approximate surface area is 181 Å². The molecule has 2 aromatic rings. The van der Waals surface area contributed by atoms with Crippen molar-refractivity contribution in [2.45, 2.75) is 18.2 Å². The molecule has 3 rings (SSSR count). The van der Waals surface area contributed by atoms with E-state index in [1.165, 1.54) is 18.2 Å². The van der Waals surface area contributed by atoms with Crippen molar-refractivity contribution >= 4 is 22.9 Å². The molecule has 0 aliphatic carbocycles. The molecule has 6 nitrogen and oxygen atoms in total. The molecule has 0 saturated carbocycles. The predicted octanol–water partition coefficient (Wildman–Crippen LogP) is 4.12. The average molecular weight is 453 g/mol. The van der Waals surface area contributed by atoms with Gasteiger partial charge in [0.15, 0.2) is 0 Å². The van der Waals surface area contributed by atoms with E-state index in [1.54, 1.807) is 6.92 Å². The van der Waals surface area contributed by atoms with Crippen LogP contribution in [-0.4, -0.2) is 30.9 Å². The van der Waals surface area contributed by atoms with E-state index in [0.717, 1.165) is 30.0 Å². The van der Waals surface area contributed by atoms with Gasteiger partial charge < -0.3 is 20.5 Å². The lowest BCUT2D eigenvalue weighted by molar-refractivity contribution is 0.118. The third-order valence-corrected chi connectivity index (χ3v) is 6.27. The molecule has 1 aliphatic rings. The van der Waals surface area contributed by atoms with Crippen LogP contribution in [0.25, 0.3) is 0 Å². The maximum atomic E-state index is 14.3. The molecule has 1 amide bonds. The summed E-state index contributed by atoms with van der Waals surface area (Å²) < 4.78 is 53.1. The Kier molecular flexibility index (Phi) is 7.11. The highest BCUT2D eigenvalue weighted by molar-refractivity contribution is 8.15. The minimum absolute atomic E-state index is 0.0800. The molecule has 1 heterocycles. The van der Waals surface area contributed by atoms with Crippen LogP contribution in [0.15, 0.2) is 36.4 Å². The van der Waals surface area contributed by atoms with Gasteiger partial charge in [0.25, 0.3) is 0 Å². The van der Waals surface area contributed by atoms with Crippen LogP contribution in [0.5, 0.6) is 5.75 Å². The third kappa shape index (κ3) is 4.80. The summed E-state index contributed by atoms with van der Waals surface area (Å²) in [5.74, 6) is -2.32. The molecule has 0 aromatic heterocycles. The number of nitrogens with two attached hydrogens (primary N) is 1. The van der Waals surface area contributed by atoms with Crippen LogP contribution in [0, 0.1) is 28.8 Å². The van der Waals surface area contributed by atoms with Gasteiger partial charge in [-0.1, -0.05) is 11.8 Å². The first-order valence-electron chi connectivity index (χ1n) is 9.61. The van der Waals surface area contributed by atoms with E-state index in [-0.39, 0.29) is 35.9 Å². The molecule has 2 aromatic carbocycles. The Morgan fingerprint density at radius 3 is 2.71 bits per heavy atom. The minimum atomic E-state index is -1.46. The van der Waals surface area contributed by atoms with Gasteiger partial charge in [-0.25, -0.2) is 18.0 Å². The fourth-order valence-electron chi connectivity index (χ4n) is 3.47. The lowest BCUT2D eigenvalue weighted by Crippen LogP contribution is -2.54. The average Bonchev–Trinajstić information content (AvgIpc) is 2.72. The fraction of sp³-hybridized carbons (Fsp3) is 0.333. The number of hydrogen-bond acceptors (Lipinski definition) is 6. The second kappa shape index (κ2) is 9.61. The van der Waals surface area contributed by atoms with Crippen molar-refractivity contribution in [1.82, 2.24) is 5.32 Å². The van der Waals surface area contributed by atoms with Gasteiger partial charge in [-0.3, -0.25) is 5.41 Å². The molecule has 2 unspecified atom stereocenters. The number of alkyl carbamates (subject to hydrolysis) is 1. The second-order valence-electron chi connectivity index (χ2n) is 6.86. The van der Waals surface area contributed by atoms with Gasteiger partial charge in [0.05, 0.1) is 18.3 Å². The highest BCUT2D eigenvalue weighted by atomic mass is 32.2. The number of thioether (sulfide) groups is 1. The zero-order valence-electron chi connectivity index (χ0n) is 16.7. The summed E-state index contributed by atoms with van der Waals surface area (Å²) in [6, 6.07) is 6.57. The molecule has 31 heavy (non-hydrogen) atoms. The number of benzene rings is 2. The predicted molar refractivity (Wildman–Crippen MR) is 112 cm³/mol. The maximum Gasteiger partial charge on any atom is 0.408 e. The van der Waals surface area contributed by atoms with Gasteiger partial charge in [0, 0.05) is 17.0 Å². The number of ether oxygens (including phenoxy) is 2. The van der Waals surface area contributed by atoms with Crippen LogP contribution in [0.3, 0.4) is 0 Å². The SMILES string of the molecule is CCOC(=O)NC1(SC(=N)c2cc(F)ccc2F)c2cc(F)ccc2OCC1CCN. The summed E-state index contributed by atoms with van der Waals surface area (Å²) in [6.45, 7) is 2.02. The first-order chi connectivity index (χ1) is 14.8. The Morgan fingerprint density at radius 2 is 2.00 bits per heavy atom. The summed E-state index contributed by atoms with van der Waals surface area (Å²) in [4.78, 5) is 11.0. The topological polar surface area (TPSA) is 97.4 Å². The number of nitrogens with one attached hydrogen (secondary N) is 2. The monoisotopic (exact) mass is 453 g/mol. The van der Waals surface area contributed by atoms with Crippen molar-refractivity contribution in [3.63, 3.8) is 0 Å². The van der Waals surface area contributed by atoms with Crippen molar-refractivity contribution in [3.8, 4) is 5.75 Å². The normalized spacial score (nSPS) is 19.8. The Balaban J connectivity index is 2.14. The third-order valence-electron chi connectivity index (χ3n) is 4.87. The number of halogens is 3.